The molecule has 0 spiro atoms. The Morgan fingerprint density at radius 2 is 1.94 bits per heavy atom. The van der Waals surface area contributed by atoms with Crippen LogP contribution in [0.1, 0.15) is 41.8 Å². The lowest BCUT2D eigenvalue weighted by Crippen LogP contribution is -2.07. The van der Waals surface area contributed by atoms with E-state index >= 15 is 0 Å². The molecular formula is C23H24ClF3N2O3S. The van der Waals surface area contributed by atoms with Crippen LogP contribution in [0.4, 0.5) is 13.2 Å². The van der Waals surface area contributed by atoms with Gasteiger partial charge in [-0.1, -0.05) is 29.4 Å². The van der Waals surface area contributed by atoms with Crippen molar-refractivity contribution in [3.8, 4) is 0 Å². The average molecular weight is 501 g/mol. The van der Waals surface area contributed by atoms with Gasteiger partial charge in [0, 0.05) is 25.5 Å². The van der Waals surface area contributed by atoms with E-state index in [1.54, 1.807) is 25.1 Å². The molecule has 3 aromatic rings. The summed E-state index contributed by atoms with van der Waals surface area (Å²) in [6, 6.07) is 9.06. The van der Waals surface area contributed by atoms with Gasteiger partial charge in [-0.25, -0.2) is 9.78 Å². The van der Waals surface area contributed by atoms with Crippen molar-refractivity contribution in [1.82, 2.24) is 9.55 Å². The minimum Gasteiger partial charge on any atom is -0.462 e. The minimum atomic E-state index is -4.52. The van der Waals surface area contributed by atoms with Gasteiger partial charge in [0.1, 0.15) is 0 Å². The van der Waals surface area contributed by atoms with E-state index in [0.717, 1.165) is 18.0 Å². The number of hydrogen-bond donors (Lipinski definition) is 0. The molecule has 0 amide bonds. The summed E-state index contributed by atoms with van der Waals surface area (Å²) in [7, 11) is 0. The topological polar surface area (TPSA) is 53.4 Å². The van der Waals surface area contributed by atoms with Crippen LogP contribution in [0.15, 0.2) is 41.6 Å². The fourth-order valence-electron chi connectivity index (χ4n) is 3.27. The van der Waals surface area contributed by atoms with Crippen LogP contribution < -0.4 is 0 Å². The third kappa shape index (κ3) is 6.43. The molecule has 0 aliphatic carbocycles. The molecule has 1 heterocycles. The van der Waals surface area contributed by atoms with Crippen molar-refractivity contribution in [2.45, 2.75) is 43.9 Å². The van der Waals surface area contributed by atoms with Crippen LogP contribution in [0.3, 0.4) is 0 Å². The zero-order chi connectivity index (χ0) is 24.0. The first-order chi connectivity index (χ1) is 15.7. The van der Waals surface area contributed by atoms with E-state index in [1.807, 2.05) is 17.6 Å². The highest BCUT2D eigenvalue weighted by Crippen LogP contribution is 2.36. The molecule has 5 nitrogen and oxygen atoms in total. The van der Waals surface area contributed by atoms with Crippen LogP contribution in [0, 0.1) is 0 Å². The molecule has 0 saturated heterocycles. The summed E-state index contributed by atoms with van der Waals surface area (Å²) >= 11 is 7.05. The fourth-order valence-corrected chi connectivity index (χ4v) is 4.48. The zero-order valence-electron chi connectivity index (χ0n) is 18.2. The van der Waals surface area contributed by atoms with Gasteiger partial charge in [-0.05, 0) is 56.2 Å². The van der Waals surface area contributed by atoms with Crippen molar-refractivity contribution >= 4 is 40.4 Å². The molecule has 2 aromatic carbocycles. The lowest BCUT2D eigenvalue weighted by Gasteiger charge is -2.12. The molecule has 0 aliphatic heterocycles. The number of esters is 1. The van der Waals surface area contributed by atoms with E-state index in [9.17, 15) is 18.0 Å². The molecule has 10 heteroatoms. The van der Waals surface area contributed by atoms with Crippen molar-refractivity contribution in [2.75, 3.05) is 19.8 Å². The van der Waals surface area contributed by atoms with Crippen molar-refractivity contribution in [3.63, 3.8) is 0 Å². The third-order valence-electron chi connectivity index (χ3n) is 4.80. The second-order valence-corrected chi connectivity index (χ2v) is 8.47. The quantitative estimate of drug-likeness (QED) is 0.178. The van der Waals surface area contributed by atoms with Gasteiger partial charge >= 0.3 is 12.1 Å². The number of nitrogens with zero attached hydrogens (tertiary/aromatic N) is 2. The molecule has 3 rings (SSSR count). The number of aryl methyl sites for hydroxylation is 1. The maximum Gasteiger partial charge on any atom is 0.417 e. The summed E-state index contributed by atoms with van der Waals surface area (Å²) in [6.45, 7) is 5.74. The lowest BCUT2D eigenvalue weighted by molar-refractivity contribution is -0.137. The molecule has 0 unspecified atom stereocenters. The van der Waals surface area contributed by atoms with E-state index in [0.29, 0.717) is 41.6 Å². The summed E-state index contributed by atoms with van der Waals surface area (Å²) in [5.41, 5.74) is 1.47. The number of thioether (sulfide) groups is 1. The van der Waals surface area contributed by atoms with Crippen molar-refractivity contribution in [2.24, 2.45) is 0 Å². The molecule has 0 radical (unpaired) electrons. The molecule has 0 bridgehead atoms. The van der Waals surface area contributed by atoms with Crippen LogP contribution in [0.2, 0.25) is 5.02 Å². The van der Waals surface area contributed by atoms with E-state index in [1.165, 1.54) is 17.8 Å². The highest BCUT2D eigenvalue weighted by molar-refractivity contribution is 7.98. The highest BCUT2D eigenvalue weighted by Gasteiger charge is 2.33. The number of fused-ring (bicyclic) bond motifs is 1. The third-order valence-corrected chi connectivity index (χ3v) is 6.18. The van der Waals surface area contributed by atoms with E-state index in [2.05, 4.69) is 4.98 Å². The number of carbonyl (C=O) groups excluding carboxylic acids is 1. The normalized spacial score (nSPS) is 11.8. The van der Waals surface area contributed by atoms with Gasteiger partial charge in [0.05, 0.1) is 33.8 Å². The van der Waals surface area contributed by atoms with Crippen LogP contribution in [0.25, 0.3) is 11.0 Å². The number of hydrogen-bond acceptors (Lipinski definition) is 5. The highest BCUT2D eigenvalue weighted by atomic mass is 35.5. The minimum absolute atomic E-state index is 0.269. The number of carbonyl (C=O) groups is 1. The van der Waals surface area contributed by atoms with Gasteiger partial charge in [-0.2, -0.15) is 13.2 Å². The Hall–Kier alpha value is -2.23. The molecule has 0 aliphatic rings. The number of aromatic nitrogens is 2. The Balaban J connectivity index is 1.88. The lowest BCUT2D eigenvalue weighted by atomic mass is 10.1. The molecule has 1 aromatic heterocycles. The van der Waals surface area contributed by atoms with E-state index in [4.69, 9.17) is 21.1 Å². The van der Waals surface area contributed by atoms with Gasteiger partial charge in [0.25, 0.3) is 0 Å². The number of ether oxygens (including phenoxy) is 2. The second kappa shape index (κ2) is 11.3. The predicted molar refractivity (Wildman–Crippen MR) is 123 cm³/mol. The SMILES string of the molecule is CCOCCCn1c(SCc2ccc(Cl)c(C(F)(F)F)c2)nc2cc(C(=O)OCC)ccc21. The average Bonchev–Trinajstić information content (AvgIpc) is 3.12. The molecule has 178 valence electrons. The van der Waals surface area contributed by atoms with Gasteiger partial charge < -0.3 is 14.0 Å². The Morgan fingerprint density at radius 3 is 2.64 bits per heavy atom. The van der Waals surface area contributed by atoms with Crippen LogP contribution in [0.5, 0.6) is 0 Å². The number of alkyl halides is 3. The largest absolute Gasteiger partial charge is 0.462 e. The Bertz CT molecular complexity index is 1120. The molecule has 0 fully saturated rings. The Labute approximate surface area is 199 Å². The summed E-state index contributed by atoms with van der Waals surface area (Å²) in [6.07, 6.45) is -3.78. The summed E-state index contributed by atoms with van der Waals surface area (Å²) < 4.78 is 52.1. The van der Waals surface area contributed by atoms with Gasteiger partial charge in [0.2, 0.25) is 0 Å². The van der Waals surface area contributed by atoms with Crippen molar-refractivity contribution in [3.05, 3.63) is 58.1 Å². The predicted octanol–water partition coefficient (Wildman–Crippen LogP) is 6.60. The van der Waals surface area contributed by atoms with Crippen molar-refractivity contribution in [1.29, 1.82) is 0 Å². The Kier molecular flexibility index (Phi) is 8.67. The first kappa shape index (κ1) is 25.4. The molecule has 0 atom stereocenters. The maximum absolute atomic E-state index is 13.2. The van der Waals surface area contributed by atoms with Crippen LogP contribution in [-0.2, 0) is 27.9 Å². The second-order valence-electron chi connectivity index (χ2n) is 7.12. The number of benzene rings is 2. The van der Waals surface area contributed by atoms with Gasteiger partial charge in [-0.3, -0.25) is 0 Å². The molecule has 0 saturated carbocycles. The summed E-state index contributed by atoms with van der Waals surface area (Å²) in [5, 5.41) is 0.317. The smallest absolute Gasteiger partial charge is 0.417 e. The van der Waals surface area contributed by atoms with Crippen LogP contribution >= 0.6 is 23.4 Å². The first-order valence-corrected chi connectivity index (χ1v) is 11.8. The molecule has 0 N–H and O–H groups in total. The van der Waals surface area contributed by atoms with E-state index < -0.39 is 17.7 Å². The number of rotatable bonds is 10. The molecule has 33 heavy (non-hydrogen) atoms. The van der Waals surface area contributed by atoms with Gasteiger partial charge in [-0.15, -0.1) is 0 Å². The van der Waals surface area contributed by atoms with E-state index in [-0.39, 0.29) is 17.4 Å². The summed E-state index contributed by atoms with van der Waals surface area (Å²) in [4.78, 5) is 16.7. The van der Waals surface area contributed by atoms with Crippen molar-refractivity contribution < 1.29 is 27.4 Å². The van der Waals surface area contributed by atoms with Gasteiger partial charge in [0.15, 0.2) is 5.16 Å². The monoisotopic (exact) mass is 500 g/mol. The number of halogens is 4. The Morgan fingerprint density at radius 1 is 1.15 bits per heavy atom. The maximum atomic E-state index is 13.2. The standard InChI is InChI=1S/C23H24ClF3N2O3S/c1-3-31-11-5-10-29-20-9-7-16(21(30)32-4-2)13-19(20)28-22(29)33-14-15-6-8-18(24)17(12-15)23(25,26)27/h6-9,12-13H,3-5,10-11,14H2,1-2H3. The number of imidazole rings is 1. The fraction of sp³-hybridized carbons (Fsp3) is 0.391. The molecular weight excluding hydrogens is 477 g/mol. The van der Waals surface area contributed by atoms with Crippen LogP contribution in [-0.4, -0.2) is 35.3 Å². The first-order valence-electron chi connectivity index (χ1n) is 10.5. The summed E-state index contributed by atoms with van der Waals surface area (Å²) in [5.74, 6) is -0.153. The zero-order valence-corrected chi connectivity index (χ0v) is 19.8.